The number of nitrogens with zero attached hydrogens (tertiary/aromatic N) is 7. The highest BCUT2D eigenvalue weighted by atomic mass is 28.1. The van der Waals surface area contributed by atoms with E-state index < -0.39 is 11.8 Å². The summed E-state index contributed by atoms with van der Waals surface area (Å²) in [5.74, 6) is 0.428. The number of alkyl halides is 1. The van der Waals surface area contributed by atoms with Crippen LogP contribution in [0.5, 0.6) is 6.01 Å². The number of carbonyl (C=O) groups excluding carboxylic acids is 1. The Morgan fingerprint density at radius 2 is 2.00 bits per heavy atom. The Hall–Kier alpha value is -4.05. The van der Waals surface area contributed by atoms with Crippen LogP contribution in [0.15, 0.2) is 48.6 Å². The van der Waals surface area contributed by atoms with Crippen molar-refractivity contribution in [2.75, 3.05) is 70.0 Å². The van der Waals surface area contributed by atoms with Crippen molar-refractivity contribution in [3.63, 3.8) is 0 Å². The first-order valence-corrected chi connectivity index (χ1v) is 16.6. The van der Waals surface area contributed by atoms with Crippen molar-refractivity contribution in [1.82, 2.24) is 19.8 Å². The first-order valence-electron chi connectivity index (χ1n) is 16.1. The van der Waals surface area contributed by atoms with Crippen LogP contribution in [0.25, 0.3) is 10.8 Å². The number of piperazine rings is 1. The van der Waals surface area contributed by atoms with Gasteiger partial charge in [-0.15, -0.1) is 0 Å². The molecule has 2 fully saturated rings. The number of likely N-dealkylation sites (N-methyl/N-ethyl adjacent to an activating group) is 1. The number of benzene rings is 2. The molecule has 3 radical (unpaired) electrons. The summed E-state index contributed by atoms with van der Waals surface area (Å²) < 4.78 is 24.8. The number of likely N-dealkylation sites (tertiary alicyclic amines) is 1. The Morgan fingerprint density at radius 3 is 2.74 bits per heavy atom. The number of anilines is 2. The third-order valence-electron chi connectivity index (χ3n) is 9.69. The summed E-state index contributed by atoms with van der Waals surface area (Å²) in [5.41, 5.74) is 4.35. The maximum absolute atomic E-state index is 13.0. The normalized spacial score (nSPS) is 23.4. The second-order valence-electron chi connectivity index (χ2n) is 12.7. The third kappa shape index (κ3) is 6.70. The van der Waals surface area contributed by atoms with Crippen LogP contribution < -0.4 is 14.5 Å². The van der Waals surface area contributed by atoms with Gasteiger partial charge in [-0.1, -0.05) is 30.3 Å². The van der Waals surface area contributed by atoms with E-state index in [0.717, 1.165) is 43.0 Å². The number of amides is 1. The fourth-order valence-corrected chi connectivity index (χ4v) is 7.68. The average Bonchev–Trinajstić information content (AvgIpc) is 3.44. The first kappa shape index (κ1) is 32.9. The number of hydrogen-bond donors (Lipinski definition) is 0. The van der Waals surface area contributed by atoms with Gasteiger partial charge in [-0.2, -0.15) is 15.2 Å². The minimum Gasteiger partial charge on any atom is -0.462 e. The van der Waals surface area contributed by atoms with Crippen LogP contribution in [0.2, 0.25) is 0 Å². The van der Waals surface area contributed by atoms with Crippen molar-refractivity contribution in [2.24, 2.45) is 0 Å². The van der Waals surface area contributed by atoms with Crippen molar-refractivity contribution in [1.29, 1.82) is 5.26 Å². The molecule has 3 aliphatic heterocycles. The van der Waals surface area contributed by atoms with Crippen LogP contribution in [0.3, 0.4) is 0 Å². The number of ether oxygens (including phenoxy) is 2. The van der Waals surface area contributed by atoms with E-state index in [-0.39, 0.29) is 24.5 Å². The number of rotatable bonds is 9. The molecular formula is C35H41FN7O3Si. The number of carbonyl (C=O) groups is 1. The van der Waals surface area contributed by atoms with Gasteiger partial charge in [-0.3, -0.25) is 9.69 Å². The van der Waals surface area contributed by atoms with Crippen molar-refractivity contribution >= 4 is 38.4 Å². The van der Waals surface area contributed by atoms with Gasteiger partial charge < -0.3 is 24.2 Å². The lowest BCUT2D eigenvalue weighted by Gasteiger charge is -2.48. The maximum atomic E-state index is 13.0. The molecule has 1 amide bonds. The summed E-state index contributed by atoms with van der Waals surface area (Å²) in [6, 6.07) is 15.5. The number of aryl methyl sites for hydroxylation is 1. The highest BCUT2D eigenvalue weighted by Gasteiger charge is 2.41. The highest BCUT2D eigenvalue weighted by molar-refractivity contribution is 6.18. The Kier molecular flexibility index (Phi) is 9.77. The van der Waals surface area contributed by atoms with Crippen molar-refractivity contribution < 1.29 is 18.7 Å². The lowest BCUT2D eigenvalue weighted by Crippen LogP contribution is -2.64. The van der Waals surface area contributed by atoms with E-state index >= 15 is 0 Å². The number of halogens is 1. The molecule has 2 aromatic carbocycles. The minimum absolute atomic E-state index is 0.0507. The van der Waals surface area contributed by atoms with E-state index in [1.807, 2.05) is 0 Å². The number of hydrogen-bond acceptors (Lipinski definition) is 9. The monoisotopic (exact) mass is 654 g/mol. The molecule has 10 nitrogen and oxygen atoms in total. The third-order valence-corrected chi connectivity index (χ3v) is 10.3. The van der Waals surface area contributed by atoms with E-state index in [1.54, 1.807) is 12.0 Å². The maximum Gasteiger partial charge on any atom is 0.318 e. The van der Waals surface area contributed by atoms with Gasteiger partial charge in [-0.25, -0.2) is 4.39 Å². The zero-order valence-electron chi connectivity index (χ0n) is 27.3. The molecule has 3 aromatic rings. The summed E-state index contributed by atoms with van der Waals surface area (Å²) in [7, 11) is 7.63. The molecule has 12 heteroatoms. The lowest BCUT2D eigenvalue weighted by molar-refractivity contribution is -0.129. The predicted molar refractivity (Wildman–Crippen MR) is 181 cm³/mol. The Morgan fingerprint density at radius 1 is 1.19 bits per heavy atom. The van der Waals surface area contributed by atoms with Gasteiger partial charge in [0.05, 0.1) is 46.2 Å². The Bertz CT molecular complexity index is 1690. The molecule has 3 atom stereocenters. The van der Waals surface area contributed by atoms with Gasteiger partial charge in [0.1, 0.15) is 19.1 Å². The molecule has 0 N–H and O–H groups in total. The van der Waals surface area contributed by atoms with Crippen molar-refractivity contribution in [3.05, 3.63) is 65.4 Å². The molecule has 1 aromatic heterocycles. The van der Waals surface area contributed by atoms with Crippen LogP contribution in [0.4, 0.5) is 15.9 Å². The smallest absolute Gasteiger partial charge is 0.318 e. The molecule has 0 unspecified atom stereocenters. The Labute approximate surface area is 279 Å². The highest BCUT2D eigenvalue weighted by Crippen LogP contribution is 2.37. The molecule has 6 rings (SSSR count). The summed E-state index contributed by atoms with van der Waals surface area (Å²) in [4.78, 5) is 31.3. The molecule has 2 saturated heterocycles. The number of nitriles is 1. The van der Waals surface area contributed by atoms with Crippen LogP contribution in [0.1, 0.15) is 29.7 Å². The number of aromatic nitrogens is 2. The molecule has 0 spiro atoms. The summed E-state index contributed by atoms with van der Waals surface area (Å²) in [5, 5.41) is 11.2. The summed E-state index contributed by atoms with van der Waals surface area (Å²) in [6.07, 6.45) is 4.23. The van der Waals surface area contributed by atoms with Crippen LogP contribution in [-0.4, -0.2) is 113 Å². The second-order valence-corrected chi connectivity index (χ2v) is 13.6. The zero-order chi connectivity index (χ0) is 33.1. The molecule has 0 saturated carbocycles. The number of methoxy groups -OCH3 is 1. The topological polar surface area (TPSA) is 98.1 Å². The van der Waals surface area contributed by atoms with Crippen LogP contribution >= 0.6 is 0 Å². The van der Waals surface area contributed by atoms with Gasteiger partial charge >= 0.3 is 6.01 Å². The molecule has 0 bridgehead atoms. The fraction of sp³-hybridized carbons (Fsp3) is 0.486. The van der Waals surface area contributed by atoms with E-state index in [9.17, 15) is 14.4 Å². The van der Waals surface area contributed by atoms with E-state index in [2.05, 4.69) is 81.4 Å². The lowest BCUT2D eigenvalue weighted by atomic mass is 9.99. The van der Waals surface area contributed by atoms with E-state index in [1.165, 1.54) is 34.2 Å². The second kappa shape index (κ2) is 14.0. The van der Waals surface area contributed by atoms with Crippen molar-refractivity contribution in [2.45, 2.75) is 50.0 Å². The molecular weight excluding hydrogens is 614 g/mol. The molecule has 0 aliphatic carbocycles. The van der Waals surface area contributed by atoms with Gasteiger partial charge in [0.25, 0.3) is 0 Å². The zero-order valence-corrected chi connectivity index (χ0v) is 28.3. The van der Waals surface area contributed by atoms with Crippen LogP contribution in [0, 0.1) is 18.3 Å². The summed E-state index contributed by atoms with van der Waals surface area (Å²) >= 11 is 0. The van der Waals surface area contributed by atoms with E-state index in [0.29, 0.717) is 38.8 Å². The standard InChI is InChI=1S/C35H41FN7O3Si/c1-24-7-4-8-25-9-5-10-30(32(24)25)41-16-12-28-29(21-41)38-34(46-22-26-19-27(45-3)20-40(26)2)39-33(28)42-17-18-43(31(44)11-6-14-36)35(47,23-42)13-15-37/h4-11,26-27H,12-14,16-23H2,1-3H3/b11-6+/t26-,27+,35-/m0/s1. The SMILES string of the molecule is CO[C@@H]1C[C@@H](COc2nc3c(c(N4CCN(C(=O)/C=C/CF)[C@]([Si])(CC#N)C4)n2)CCN(c2cccc4cccc(C)c24)C3)N(C)C1. The minimum atomic E-state index is -0.980. The Balaban J connectivity index is 1.34. The predicted octanol–water partition coefficient (Wildman–Crippen LogP) is 3.55. The number of fused-ring (bicyclic) bond motifs is 2. The van der Waals surface area contributed by atoms with Crippen LogP contribution in [-0.2, 0) is 22.5 Å². The van der Waals surface area contributed by atoms with Gasteiger partial charge in [-0.05, 0) is 49.9 Å². The van der Waals surface area contributed by atoms with Gasteiger partial charge in [0.15, 0.2) is 0 Å². The fourth-order valence-electron chi connectivity index (χ4n) is 7.19. The molecule has 3 aliphatic rings. The van der Waals surface area contributed by atoms with E-state index in [4.69, 9.17) is 19.4 Å². The molecule has 47 heavy (non-hydrogen) atoms. The molecule has 245 valence electrons. The summed E-state index contributed by atoms with van der Waals surface area (Å²) in [6.45, 7) is 5.21. The quantitative estimate of drug-likeness (QED) is 0.254. The first-order chi connectivity index (χ1) is 22.7. The molecule has 4 heterocycles. The average molecular weight is 655 g/mol. The van der Waals surface area contributed by atoms with Gasteiger partial charge in [0.2, 0.25) is 5.91 Å². The van der Waals surface area contributed by atoms with Gasteiger partial charge in [0, 0.05) is 68.6 Å². The number of allylic oxidation sites excluding steroid dienone is 1. The largest absolute Gasteiger partial charge is 0.462 e. The van der Waals surface area contributed by atoms with Crippen molar-refractivity contribution in [3.8, 4) is 12.1 Å².